The van der Waals surface area contributed by atoms with Crippen molar-refractivity contribution in [1.29, 1.82) is 0 Å². The highest BCUT2D eigenvalue weighted by atomic mass is 79.9. The maximum atomic E-state index is 12.6. The fourth-order valence-corrected chi connectivity index (χ4v) is 3.69. The van der Waals surface area contributed by atoms with Gasteiger partial charge in [-0.25, -0.2) is 0 Å². The van der Waals surface area contributed by atoms with Crippen molar-refractivity contribution in [3.63, 3.8) is 0 Å². The standard InChI is InChI=1S/C20H14BrN3O2S/c1-26-16-9-4-13(5-10-16)6-11-18-22-20-24(23-18)19(25)17(27-20)12-14-2-7-15(21)8-3-14/h2-12H,1H3/b11-6+,17-12+. The van der Waals surface area contributed by atoms with Crippen molar-refractivity contribution < 1.29 is 4.74 Å². The molecule has 0 unspecified atom stereocenters. The highest BCUT2D eigenvalue weighted by Crippen LogP contribution is 2.14. The Kier molecular flexibility index (Phi) is 4.87. The number of halogens is 1. The fraction of sp³-hybridized carbons (Fsp3) is 0.0500. The average molecular weight is 440 g/mol. The van der Waals surface area contributed by atoms with E-state index >= 15 is 0 Å². The lowest BCUT2D eigenvalue weighted by atomic mass is 10.2. The van der Waals surface area contributed by atoms with Crippen LogP contribution in [-0.4, -0.2) is 21.7 Å². The molecule has 2 aromatic heterocycles. The van der Waals surface area contributed by atoms with E-state index in [1.165, 1.54) is 15.9 Å². The topological polar surface area (TPSA) is 56.5 Å². The number of benzene rings is 2. The normalized spacial score (nSPS) is 12.3. The van der Waals surface area contributed by atoms with Gasteiger partial charge in [0.05, 0.1) is 11.6 Å². The SMILES string of the molecule is COc1ccc(/C=C/c2nc3s/c(=C/c4ccc(Br)cc4)c(=O)n3n2)cc1. The van der Waals surface area contributed by atoms with Crippen molar-refractivity contribution in [2.45, 2.75) is 0 Å². The van der Waals surface area contributed by atoms with Crippen molar-refractivity contribution in [3.8, 4) is 5.75 Å². The number of thiazole rings is 1. The molecule has 0 atom stereocenters. The number of methoxy groups -OCH3 is 1. The largest absolute Gasteiger partial charge is 0.497 e. The summed E-state index contributed by atoms with van der Waals surface area (Å²) in [5.74, 6) is 1.31. The van der Waals surface area contributed by atoms with Crippen molar-refractivity contribution in [3.05, 3.63) is 84.8 Å². The van der Waals surface area contributed by atoms with Crippen LogP contribution in [-0.2, 0) is 0 Å². The quantitative estimate of drug-likeness (QED) is 0.486. The Labute approximate surface area is 167 Å². The Bertz CT molecular complexity index is 1230. The second-order valence-electron chi connectivity index (χ2n) is 5.74. The van der Waals surface area contributed by atoms with Crippen molar-refractivity contribution in [2.24, 2.45) is 0 Å². The van der Waals surface area contributed by atoms with Gasteiger partial charge in [0, 0.05) is 4.47 Å². The molecule has 2 aromatic carbocycles. The summed E-state index contributed by atoms with van der Waals surface area (Å²) in [7, 11) is 1.63. The molecule has 0 N–H and O–H groups in total. The van der Waals surface area contributed by atoms with E-state index in [1.807, 2.05) is 60.7 Å². The van der Waals surface area contributed by atoms with Crippen molar-refractivity contribution in [1.82, 2.24) is 14.6 Å². The van der Waals surface area contributed by atoms with Gasteiger partial charge in [-0.1, -0.05) is 57.6 Å². The maximum Gasteiger partial charge on any atom is 0.291 e. The van der Waals surface area contributed by atoms with Crippen LogP contribution < -0.4 is 14.8 Å². The Balaban J connectivity index is 1.62. The summed E-state index contributed by atoms with van der Waals surface area (Å²) in [5.41, 5.74) is 1.80. The van der Waals surface area contributed by atoms with Gasteiger partial charge >= 0.3 is 0 Å². The number of fused-ring (bicyclic) bond motifs is 1. The van der Waals surface area contributed by atoms with E-state index in [0.717, 1.165) is 21.3 Å². The van der Waals surface area contributed by atoms with Gasteiger partial charge in [-0.15, -0.1) is 5.10 Å². The Morgan fingerprint density at radius 1 is 1.04 bits per heavy atom. The smallest absolute Gasteiger partial charge is 0.291 e. The molecule has 0 bridgehead atoms. The molecule has 0 aliphatic rings. The first-order valence-corrected chi connectivity index (χ1v) is 9.72. The van der Waals surface area contributed by atoms with Gasteiger partial charge in [0.2, 0.25) is 4.96 Å². The molecule has 4 aromatic rings. The molecule has 0 fully saturated rings. The van der Waals surface area contributed by atoms with E-state index < -0.39 is 0 Å². The van der Waals surface area contributed by atoms with Gasteiger partial charge < -0.3 is 4.74 Å². The molecule has 7 heteroatoms. The predicted molar refractivity (Wildman–Crippen MR) is 112 cm³/mol. The minimum absolute atomic E-state index is 0.158. The molecular formula is C20H14BrN3O2S. The van der Waals surface area contributed by atoms with Gasteiger partial charge in [0.25, 0.3) is 5.56 Å². The molecule has 2 heterocycles. The van der Waals surface area contributed by atoms with E-state index in [4.69, 9.17) is 4.74 Å². The second kappa shape index (κ2) is 7.46. The Morgan fingerprint density at radius 2 is 1.74 bits per heavy atom. The number of ether oxygens (including phenoxy) is 1. The Hall–Kier alpha value is -2.77. The van der Waals surface area contributed by atoms with Crippen molar-refractivity contribution in [2.75, 3.05) is 7.11 Å². The van der Waals surface area contributed by atoms with E-state index in [1.54, 1.807) is 13.2 Å². The molecule has 0 spiro atoms. The fourth-order valence-electron chi connectivity index (χ4n) is 2.52. The molecule has 0 saturated heterocycles. The first-order valence-electron chi connectivity index (χ1n) is 8.11. The lowest BCUT2D eigenvalue weighted by molar-refractivity contribution is 0.415. The summed E-state index contributed by atoms with van der Waals surface area (Å²) >= 11 is 4.73. The van der Waals surface area contributed by atoms with E-state index in [0.29, 0.717) is 15.3 Å². The third-order valence-electron chi connectivity index (χ3n) is 3.91. The molecule has 0 radical (unpaired) electrons. The van der Waals surface area contributed by atoms with Crippen LogP contribution in [0.3, 0.4) is 0 Å². The molecule has 0 amide bonds. The zero-order valence-electron chi connectivity index (χ0n) is 14.3. The minimum Gasteiger partial charge on any atom is -0.497 e. The summed E-state index contributed by atoms with van der Waals surface area (Å²) in [5, 5.41) is 4.30. The van der Waals surface area contributed by atoms with Crippen LogP contribution in [0.5, 0.6) is 5.75 Å². The monoisotopic (exact) mass is 439 g/mol. The summed E-state index contributed by atoms with van der Waals surface area (Å²) in [6, 6.07) is 15.4. The zero-order valence-corrected chi connectivity index (χ0v) is 16.7. The molecular weight excluding hydrogens is 426 g/mol. The third kappa shape index (κ3) is 3.84. The van der Waals surface area contributed by atoms with Gasteiger partial charge in [-0.05, 0) is 47.5 Å². The van der Waals surface area contributed by atoms with Gasteiger partial charge in [0.15, 0.2) is 5.82 Å². The van der Waals surface area contributed by atoms with Crippen LogP contribution >= 0.6 is 27.3 Å². The molecule has 4 rings (SSSR count). The minimum atomic E-state index is -0.158. The molecule has 0 aliphatic carbocycles. The van der Waals surface area contributed by atoms with Crippen LogP contribution in [0.15, 0.2) is 57.8 Å². The molecule has 5 nitrogen and oxygen atoms in total. The van der Waals surface area contributed by atoms with E-state index in [9.17, 15) is 4.79 Å². The van der Waals surface area contributed by atoms with Crippen LogP contribution in [0, 0.1) is 0 Å². The summed E-state index contributed by atoms with van der Waals surface area (Å²) < 4.78 is 8.10. The first kappa shape index (κ1) is 17.6. The highest BCUT2D eigenvalue weighted by Gasteiger charge is 2.08. The molecule has 134 valence electrons. The molecule has 0 saturated carbocycles. The lowest BCUT2D eigenvalue weighted by Gasteiger charge is -1.98. The van der Waals surface area contributed by atoms with Crippen molar-refractivity contribution >= 4 is 50.5 Å². The molecule has 27 heavy (non-hydrogen) atoms. The Morgan fingerprint density at radius 3 is 2.41 bits per heavy atom. The number of hydrogen-bond donors (Lipinski definition) is 0. The van der Waals surface area contributed by atoms with Gasteiger partial charge in [-0.3, -0.25) is 4.79 Å². The maximum absolute atomic E-state index is 12.6. The van der Waals surface area contributed by atoms with Crippen LogP contribution in [0.2, 0.25) is 0 Å². The third-order valence-corrected chi connectivity index (χ3v) is 5.39. The lowest BCUT2D eigenvalue weighted by Crippen LogP contribution is -2.23. The van der Waals surface area contributed by atoms with Crippen LogP contribution in [0.4, 0.5) is 0 Å². The van der Waals surface area contributed by atoms with Gasteiger partial charge in [-0.2, -0.15) is 9.50 Å². The zero-order chi connectivity index (χ0) is 18.8. The number of aromatic nitrogens is 3. The predicted octanol–water partition coefficient (Wildman–Crippen LogP) is 3.64. The van der Waals surface area contributed by atoms with Crippen LogP contribution in [0.25, 0.3) is 23.2 Å². The van der Waals surface area contributed by atoms with E-state index in [-0.39, 0.29) is 5.56 Å². The average Bonchev–Trinajstić information content (AvgIpc) is 3.21. The van der Waals surface area contributed by atoms with Gasteiger partial charge in [0.1, 0.15) is 5.75 Å². The number of hydrogen-bond acceptors (Lipinski definition) is 5. The number of rotatable bonds is 4. The summed E-state index contributed by atoms with van der Waals surface area (Å²) in [6.45, 7) is 0. The second-order valence-corrected chi connectivity index (χ2v) is 7.66. The highest BCUT2D eigenvalue weighted by molar-refractivity contribution is 9.10. The summed E-state index contributed by atoms with van der Waals surface area (Å²) in [4.78, 5) is 17.6. The van der Waals surface area contributed by atoms with E-state index in [2.05, 4.69) is 26.0 Å². The van der Waals surface area contributed by atoms with Crippen LogP contribution in [0.1, 0.15) is 17.0 Å². The molecule has 0 aliphatic heterocycles. The first-order chi connectivity index (χ1) is 13.1. The summed E-state index contributed by atoms with van der Waals surface area (Å²) in [6.07, 6.45) is 5.54. The number of nitrogens with zero attached hydrogens (tertiary/aromatic N) is 3.